The van der Waals surface area contributed by atoms with Crippen LogP contribution in [0.15, 0.2) is 24.4 Å². The van der Waals surface area contributed by atoms with Crippen LogP contribution < -0.4 is 5.32 Å². The van der Waals surface area contributed by atoms with Gasteiger partial charge in [0.2, 0.25) is 5.91 Å². The van der Waals surface area contributed by atoms with Crippen molar-refractivity contribution in [1.82, 2.24) is 19.8 Å². The molecule has 8 nitrogen and oxygen atoms in total. The van der Waals surface area contributed by atoms with Crippen molar-refractivity contribution in [1.29, 1.82) is 0 Å². The molecule has 0 unspecified atom stereocenters. The van der Waals surface area contributed by atoms with Gasteiger partial charge in [-0.3, -0.25) is 9.69 Å². The zero-order chi connectivity index (χ0) is 25.0. The number of nitrogens with zero attached hydrogens (tertiary/aromatic N) is 4. The molecule has 2 aromatic rings. The molecule has 2 amide bonds. The van der Waals surface area contributed by atoms with E-state index in [2.05, 4.69) is 23.3 Å². The summed E-state index contributed by atoms with van der Waals surface area (Å²) in [6.45, 7) is 9.64. The highest BCUT2D eigenvalue weighted by Gasteiger charge is 2.39. The number of hydrogen-bond donors (Lipinski definition) is 1. The number of thiazole rings is 1. The number of rotatable bonds is 6. The van der Waals surface area contributed by atoms with E-state index in [1.54, 1.807) is 16.2 Å². The predicted molar refractivity (Wildman–Crippen MR) is 138 cm³/mol. The summed E-state index contributed by atoms with van der Waals surface area (Å²) in [5.74, 6) is 1.15. The van der Waals surface area contributed by atoms with Crippen LogP contribution in [-0.4, -0.2) is 63.0 Å². The van der Waals surface area contributed by atoms with Crippen molar-refractivity contribution in [2.75, 3.05) is 25.0 Å². The predicted octanol–water partition coefficient (Wildman–Crippen LogP) is 5.34. The molecule has 0 spiro atoms. The number of ether oxygens (including phenoxy) is 1. The van der Waals surface area contributed by atoms with Gasteiger partial charge in [-0.05, 0) is 65.0 Å². The summed E-state index contributed by atoms with van der Waals surface area (Å²) in [5, 5.41) is 4.21. The maximum Gasteiger partial charge on any atom is 0.410 e. The van der Waals surface area contributed by atoms with Crippen LogP contribution >= 0.6 is 11.3 Å². The molecule has 2 saturated heterocycles. The van der Waals surface area contributed by atoms with E-state index in [9.17, 15) is 9.59 Å². The van der Waals surface area contributed by atoms with Crippen molar-refractivity contribution in [3.8, 4) is 0 Å². The Morgan fingerprint density at radius 1 is 1.17 bits per heavy atom. The van der Waals surface area contributed by atoms with Gasteiger partial charge in [-0.25, -0.2) is 14.8 Å². The van der Waals surface area contributed by atoms with Crippen LogP contribution in [0.2, 0.25) is 0 Å². The van der Waals surface area contributed by atoms with Crippen LogP contribution in [0, 0.1) is 0 Å². The van der Waals surface area contributed by atoms with E-state index < -0.39 is 17.7 Å². The van der Waals surface area contributed by atoms with E-state index in [1.807, 2.05) is 44.0 Å². The Morgan fingerprint density at radius 3 is 2.66 bits per heavy atom. The molecule has 2 aliphatic rings. The lowest BCUT2D eigenvalue weighted by atomic mass is 9.92. The molecule has 1 N–H and O–H groups in total. The number of carbonyl (C=O) groups is 2. The van der Waals surface area contributed by atoms with E-state index in [0.717, 1.165) is 48.7 Å². The fourth-order valence-electron chi connectivity index (χ4n) is 4.75. The molecule has 0 radical (unpaired) electrons. The summed E-state index contributed by atoms with van der Waals surface area (Å²) < 4.78 is 5.53. The minimum atomic E-state index is -0.570. The first-order chi connectivity index (χ1) is 16.7. The van der Waals surface area contributed by atoms with Crippen molar-refractivity contribution in [2.24, 2.45) is 0 Å². The molecule has 190 valence electrons. The summed E-state index contributed by atoms with van der Waals surface area (Å²) in [5.41, 5.74) is 0.475. The molecule has 35 heavy (non-hydrogen) atoms. The molecule has 1 atom stereocenters. The fraction of sp³-hybridized carbons (Fsp3) is 0.615. The minimum absolute atomic E-state index is 0.0434. The first-order valence-electron chi connectivity index (χ1n) is 12.7. The lowest BCUT2D eigenvalue weighted by molar-refractivity contribution is -0.137. The highest BCUT2D eigenvalue weighted by atomic mass is 32.1. The van der Waals surface area contributed by atoms with Gasteiger partial charge in [0.1, 0.15) is 17.5 Å². The first kappa shape index (κ1) is 25.4. The average Bonchev–Trinajstić information content (AvgIpc) is 3.48. The molecular weight excluding hydrogens is 462 g/mol. The summed E-state index contributed by atoms with van der Waals surface area (Å²) in [6, 6.07) is 5.65. The Balaban J connectivity index is 1.33. The van der Waals surface area contributed by atoms with E-state index in [4.69, 9.17) is 9.72 Å². The standard InChI is InChI=1S/C26H37N5O3S/c1-5-8-19-17-27-24(35-19)29-22-11-6-9-20(28-22)18-12-15-30(16-13-18)23(32)21-10-7-14-31(21)25(33)34-26(2,3)4/h6,9,11,17-18,21H,5,7-8,10,12-16H2,1-4H3,(H,27,28,29)/t21-/m0/s1. The maximum absolute atomic E-state index is 13.3. The molecule has 0 aliphatic carbocycles. The Hall–Kier alpha value is -2.68. The first-order valence-corrected chi connectivity index (χ1v) is 13.5. The number of aryl methyl sites for hydroxylation is 1. The molecule has 0 bridgehead atoms. The van der Waals surface area contributed by atoms with Crippen molar-refractivity contribution < 1.29 is 14.3 Å². The Kier molecular flexibility index (Phi) is 7.94. The molecule has 2 fully saturated rings. The van der Waals surface area contributed by atoms with Gasteiger partial charge in [-0.2, -0.15) is 0 Å². The SMILES string of the molecule is CCCc1cnc(Nc2cccc(C3CCN(C(=O)[C@@H]4CCCN4C(=O)OC(C)(C)C)CC3)n2)s1. The van der Waals surface area contributed by atoms with Crippen LogP contribution in [0.1, 0.15) is 76.3 Å². The Labute approximate surface area is 212 Å². The van der Waals surface area contributed by atoms with E-state index in [1.165, 1.54) is 4.88 Å². The second kappa shape index (κ2) is 10.9. The zero-order valence-corrected chi connectivity index (χ0v) is 22.1. The molecule has 4 heterocycles. The maximum atomic E-state index is 13.3. The largest absolute Gasteiger partial charge is 0.444 e. The van der Waals surface area contributed by atoms with Gasteiger partial charge >= 0.3 is 6.09 Å². The molecule has 2 aromatic heterocycles. The molecule has 0 aromatic carbocycles. The van der Waals surface area contributed by atoms with Gasteiger partial charge < -0.3 is 15.0 Å². The van der Waals surface area contributed by atoms with Crippen molar-refractivity contribution >= 4 is 34.3 Å². The number of pyridine rings is 1. The van der Waals surface area contributed by atoms with Crippen LogP contribution in [0.4, 0.5) is 15.7 Å². The number of likely N-dealkylation sites (tertiary alicyclic amines) is 2. The zero-order valence-electron chi connectivity index (χ0n) is 21.2. The lowest BCUT2D eigenvalue weighted by Gasteiger charge is -2.35. The third-order valence-corrected chi connectivity index (χ3v) is 7.42. The normalized spacial score (nSPS) is 19.1. The van der Waals surface area contributed by atoms with E-state index in [0.29, 0.717) is 32.0 Å². The number of piperidine rings is 1. The number of carbonyl (C=O) groups excluding carboxylic acids is 2. The highest BCUT2D eigenvalue weighted by molar-refractivity contribution is 7.15. The third-order valence-electron chi connectivity index (χ3n) is 6.45. The third kappa shape index (κ3) is 6.51. The number of aromatic nitrogens is 2. The van der Waals surface area contributed by atoms with Gasteiger partial charge in [0.25, 0.3) is 0 Å². The van der Waals surface area contributed by atoms with Crippen molar-refractivity contribution in [2.45, 2.75) is 83.8 Å². The quantitative estimate of drug-likeness (QED) is 0.577. The lowest BCUT2D eigenvalue weighted by Crippen LogP contribution is -2.50. The summed E-state index contributed by atoms with van der Waals surface area (Å²) >= 11 is 1.67. The second-order valence-corrected chi connectivity index (χ2v) is 11.5. The highest BCUT2D eigenvalue weighted by Crippen LogP contribution is 2.30. The van der Waals surface area contributed by atoms with Crippen molar-refractivity contribution in [3.05, 3.63) is 35.0 Å². The van der Waals surface area contributed by atoms with Gasteiger partial charge in [0.05, 0.1) is 0 Å². The molecule has 9 heteroatoms. The smallest absolute Gasteiger partial charge is 0.410 e. The van der Waals surface area contributed by atoms with Crippen LogP contribution in [0.3, 0.4) is 0 Å². The molecule has 0 saturated carbocycles. The van der Waals surface area contributed by atoms with Crippen molar-refractivity contribution in [3.63, 3.8) is 0 Å². The number of nitrogens with one attached hydrogen (secondary N) is 1. The summed E-state index contributed by atoms with van der Waals surface area (Å²) in [7, 11) is 0. The summed E-state index contributed by atoms with van der Waals surface area (Å²) in [6.07, 6.45) is 6.94. The molecular formula is C26H37N5O3S. The second-order valence-electron chi connectivity index (χ2n) is 10.4. The van der Waals surface area contributed by atoms with Gasteiger partial charge in [0, 0.05) is 42.3 Å². The average molecular weight is 500 g/mol. The van der Waals surface area contributed by atoms with Crippen LogP contribution in [0.25, 0.3) is 0 Å². The van der Waals surface area contributed by atoms with E-state index >= 15 is 0 Å². The number of hydrogen-bond acceptors (Lipinski definition) is 7. The monoisotopic (exact) mass is 499 g/mol. The van der Waals surface area contributed by atoms with Crippen LogP contribution in [0.5, 0.6) is 0 Å². The minimum Gasteiger partial charge on any atom is -0.444 e. The van der Waals surface area contributed by atoms with Gasteiger partial charge in [-0.1, -0.05) is 19.4 Å². The number of amides is 2. The topological polar surface area (TPSA) is 87.7 Å². The Morgan fingerprint density at radius 2 is 1.94 bits per heavy atom. The fourth-order valence-corrected chi connectivity index (χ4v) is 5.68. The summed E-state index contributed by atoms with van der Waals surface area (Å²) in [4.78, 5) is 40.0. The van der Waals surface area contributed by atoms with Gasteiger partial charge in [0.15, 0.2) is 5.13 Å². The van der Waals surface area contributed by atoms with Gasteiger partial charge in [-0.15, -0.1) is 11.3 Å². The molecule has 2 aliphatic heterocycles. The number of anilines is 2. The Bertz CT molecular complexity index is 1030. The van der Waals surface area contributed by atoms with Crippen LogP contribution in [-0.2, 0) is 16.0 Å². The molecule has 4 rings (SSSR count). The van der Waals surface area contributed by atoms with E-state index in [-0.39, 0.29) is 5.91 Å².